The molecular formula is C12H12N2O4. The van der Waals surface area contributed by atoms with Gasteiger partial charge in [0.05, 0.1) is 19.0 Å². The van der Waals surface area contributed by atoms with Crippen molar-refractivity contribution < 1.29 is 19.4 Å². The van der Waals surface area contributed by atoms with Gasteiger partial charge in [-0.25, -0.2) is 4.79 Å². The molecule has 0 atom stereocenters. The van der Waals surface area contributed by atoms with Gasteiger partial charge in [-0.05, 0) is 24.3 Å². The second-order valence-corrected chi connectivity index (χ2v) is 3.53. The van der Waals surface area contributed by atoms with Gasteiger partial charge in [0.1, 0.15) is 23.7 Å². The highest BCUT2D eigenvalue weighted by Gasteiger charge is 2.12. The van der Waals surface area contributed by atoms with Crippen molar-refractivity contribution in [3.63, 3.8) is 0 Å². The lowest BCUT2D eigenvalue weighted by molar-refractivity contribution is 0.0694. The summed E-state index contributed by atoms with van der Waals surface area (Å²) in [6.07, 6.45) is 1.26. The minimum absolute atomic E-state index is 0.114. The Bertz CT molecular complexity index is 533. The van der Waals surface area contributed by atoms with Gasteiger partial charge in [-0.3, -0.25) is 5.10 Å². The number of aromatic nitrogens is 2. The van der Waals surface area contributed by atoms with Crippen LogP contribution in [0.15, 0.2) is 30.5 Å². The summed E-state index contributed by atoms with van der Waals surface area (Å²) in [5.41, 5.74) is 0.543. The van der Waals surface area contributed by atoms with Crippen molar-refractivity contribution in [2.45, 2.75) is 6.61 Å². The molecule has 18 heavy (non-hydrogen) atoms. The first-order valence-electron chi connectivity index (χ1n) is 5.23. The zero-order chi connectivity index (χ0) is 13.0. The van der Waals surface area contributed by atoms with E-state index in [2.05, 4.69) is 10.2 Å². The van der Waals surface area contributed by atoms with Crippen LogP contribution in [-0.4, -0.2) is 28.4 Å². The highest BCUT2D eigenvalue weighted by molar-refractivity contribution is 5.88. The van der Waals surface area contributed by atoms with Crippen molar-refractivity contribution in [1.29, 1.82) is 0 Å². The van der Waals surface area contributed by atoms with Gasteiger partial charge in [-0.1, -0.05) is 0 Å². The van der Waals surface area contributed by atoms with E-state index in [-0.39, 0.29) is 12.2 Å². The Morgan fingerprint density at radius 3 is 2.61 bits per heavy atom. The van der Waals surface area contributed by atoms with Crippen molar-refractivity contribution in [1.82, 2.24) is 10.2 Å². The number of carboxylic acids is 1. The van der Waals surface area contributed by atoms with Crippen LogP contribution < -0.4 is 9.47 Å². The van der Waals surface area contributed by atoms with E-state index in [1.165, 1.54) is 6.20 Å². The van der Waals surface area contributed by atoms with E-state index in [1.807, 2.05) is 0 Å². The number of hydrogen-bond donors (Lipinski definition) is 2. The summed E-state index contributed by atoms with van der Waals surface area (Å²) in [6, 6.07) is 7.02. The lowest BCUT2D eigenvalue weighted by Crippen LogP contribution is -2.03. The number of aromatic carboxylic acids is 1. The van der Waals surface area contributed by atoms with Crippen molar-refractivity contribution in [2.75, 3.05) is 7.11 Å². The fourth-order valence-corrected chi connectivity index (χ4v) is 1.43. The Hall–Kier alpha value is -2.50. The first-order chi connectivity index (χ1) is 8.70. The number of hydrogen-bond acceptors (Lipinski definition) is 4. The average Bonchev–Trinajstić information content (AvgIpc) is 2.85. The van der Waals surface area contributed by atoms with Gasteiger partial charge < -0.3 is 14.6 Å². The summed E-state index contributed by atoms with van der Waals surface area (Å²) in [5, 5.41) is 15.2. The molecule has 0 aliphatic heterocycles. The van der Waals surface area contributed by atoms with Crippen LogP contribution in [-0.2, 0) is 6.61 Å². The molecule has 0 unspecified atom stereocenters. The van der Waals surface area contributed by atoms with E-state index in [1.54, 1.807) is 31.4 Å². The molecule has 2 N–H and O–H groups in total. The van der Waals surface area contributed by atoms with Crippen LogP contribution >= 0.6 is 0 Å². The molecule has 0 radical (unpaired) electrons. The minimum atomic E-state index is -1.03. The number of methoxy groups -OCH3 is 1. The zero-order valence-corrected chi connectivity index (χ0v) is 9.71. The van der Waals surface area contributed by atoms with E-state index >= 15 is 0 Å². The maximum absolute atomic E-state index is 10.8. The molecule has 94 valence electrons. The fourth-order valence-electron chi connectivity index (χ4n) is 1.43. The number of nitrogens with one attached hydrogen (secondary N) is 1. The summed E-state index contributed by atoms with van der Waals surface area (Å²) in [7, 11) is 1.58. The molecule has 1 aromatic heterocycles. The van der Waals surface area contributed by atoms with Crippen LogP contribution in [0.1, 0.15) is 16.1 Å². The maximum atomic E-state index is 10.8. The van der Waals surface area contributed by atoms with Gasteiger partial charge in [0.15, 0.2) is 0 Å². The van der Waals surface area contributed by atoms with E-state index < -0.39 is 5.97 Å². The van der Waals surface area contributed by atoms with Gasteiger partial charge in [0.2, 0.25) is 0 Å². The zero-order valence-electron chi connectivity index (χ0n) is 9.71. The Labute approximate surface area is 103 Å². The topological polar surface area (TPSA) is 84.4 Å². The normalized spacial score (nSPS) is 10.1. The second-order valence-electron chi connectivity index (χ2n) is 3.53. The minimum Gasteiger partial charge on any atom is -0.497 e. The number of H-pyrrole nitrogens is 1. The monoisotopic (exact) mass is 248 g/mol. The Morgan fingerprint density at radius 1 is 1.33 bits per heavy atom. The number of ether oxygens (including phenoxy) is 2. The molecule has 0 amide bonds. The van der Waals surface area contributed by atoms with Crippen LogP contribution in [0.3, 0.4) is 0 Å². The molecule has 6 heteroatoms. The molecule has 0 bridgehead atoms. The summed E-state index contributed by atoms with van der Waals surface area (Å²) < 4.78 is 10.5. The molecular weight excluding hydrogens is 236 g/mol. The number of benzene rings is 1. The lowest BCUT2D eigenvalue weighted by atomic mass is 10.2. The molecule has 2 rings (SSSR count). The van der Waals surface area contributed by atoms with Crippen molar-refractivity contribution >= 4 is 5.97 Å². The summed E-state index contributed by atoms with van der Waals surface area (Å²) in [4.78, 5) is 10.8. The summed E-state index contributed by atoms with van der Waals surface area (Å²) in [5.74, 6) is 0.328. The van der Waals surface area contributed by atoms with Crippen molar-refractivity contribution in [2.24, 2.45) is 0 Å². The molecule has 0 saturated heterocycles. The van der Waals surface area contributed by atoms with Crippen LogP contribution in [0, 0.1) is 0 Å². The van der Waals surface area contributed by atoms with Gasteiger partial charge in [0, 0.05) is 0 Å². The number of rotatable bonds is 5. The number of aromatic amines is 1. The van der Waals surface area contributed by atoms with E-state index in [9.17, 15) is 4.79 Å². The molecule has 0 aliphatic rings. The highest BCUT2D eigenvalue weighted by atomic mass is 16.5. The standard InChI is InChI=1S/C12H12N2O4/c1-17-8-2-4-9(5-3-8)18-7-11-10(12(15)16)6-13-14-11/h2-6H,7H2,1H3,(H,13,14)(H,15,16). The third-order valence-electron chi connectivity index (χ3n) is 2.39. The van der Waals surface area contributed by atoms with E-state index in [0.717, 1.165) is 5.75 Å². The lowest BCUT2D eigenvalue weighted by Gasteiger charge is -2.06. The quantitative estimate of drug-likeness (QED) is 0.841. The first-order valence-corrected chi connectivity index (χ1v) is 5.23. The van der Waals surface area contributed by atoms with Crippen LogP contribution in [0.2, 0.25) is 0 Å². The number of carbonyl (C=O) groups is 1. The predicted octanol–water partition coefficient (Wildman–Crippen LogP) is 1.70. The third kappa shape index (κ3) is 2.60. The molecule has 0 aliphatic carbocycles. The Morgan fingerprint density at radius 2 is 2.00 bits per heavy atom. The van der Waals surface area contributed by atoms with Gasteiger partial charge >= 0.3 is 5.97 Å². The fraction of sp³-hybridized carbons (Fsp3) is 0.167. The van der Waals surface area contributed by atoms with Gasteiger partial charge in [-0.15, -0.1) is 0 Å². The molecule has 0 spiro atoms. The SMILES string of the molecule is COc1ccc(OCc2[nH]ncc2C(=O)O)cc1. The average molecular weight is 248 g/mol. The number of nitrogens with zero attached hydrogens (tertiary/aromatic N) is 1. The smallest absolute Gasteiger partial charge is 0.339 e. The largest absolute Gasteiger partial charge is 0.497 e. The van der Waals surface area contributed by atoms with Gasteiger partial charge in [-0.2, -0.15) is 5.10 Å². The molecule has 0 fully saturated rings. The summed E-state index contributed by atoms with van der Waals surface area (Å²) in [6.45, 7) is 0.119. The van der Waals surface area contributed by atoms with E-state index in [0.29, 0.717) is 11.4 Å². The highest BCUT2D eigenvalue weighted by Crippen LogP contribution is 2.18. The van der Waals surface area contributed by atoms with E-state index in [4.69, 9.17) is 14.6 Å². The first kappa shape index (κ1) is 12.0. The third-order valence-corrected chi connectivity index (χ3v) is 2.39. The molecule has 2 aromatic rings. The molecule has 1 heterocycles. The van der Waals surface area contributed by atoms with Crippen LogP contribution in [0.5, 0.6) is 11.5 Å². The van der Waals surface area contributed by atoms with Crippen molar-refractivity contribution in [3.05, 3.63) is 41.7 Å². The summed E-state index contributed by atoms with van der Waals surface area (Å²) >= 11 is 0. The van der Waals surface area contributed by atoms with Crippen molar-refractivity contribution in [3.8, 4) is 11.5 Å². The number of carboxylic acid groups (broad SMARTS) is 1. The second kappa shape index (κ2) is 5.22. The van der Waals surface area contributed by atoms with Gasteiger partial charge in [0.25, 0.3) is 0 Å². The molecule has 0 saturated carbocycles. The van der Waals surface area contributed by atoms with Crippen LogP contribution in [0.4, 0.5) is 0 Å². The molecule has 1 aromatic carbocycles. The molecule has 6 nitrogen and oxygen atoms in total. The van der Waals surface area contributed by atoms with Crippen LogP contribution in [0.25, 0.3) is 0 Å². The Balaban J connectivity index is 2.02. The Kier molecular flexibility index (Phi) is 3.47. The maximum Gasteiger partial charge on any atom is 0.339 e. The predicted molar refractivity (Wildman–Crippen MR) is 62.9 cm³/mol.